The molecule has 0 bridgehead atoms. The first-order valence-corrected chi connectivity index (χ1v) is 6.15. The normalized spacial score (nSPS) is 15.6. The van der Waals surface area contributed by atoms with E-state index in [1.54, 1.807) is 0 Å². The second-order valence-corrected chi connectivity index (χ2v) is 5.89. The van der Waals surface area contributed by atoms with Crippen molar-refractivity contribution in [3.8, 4) is 0 Å². The van der Waals surface area contributed by atoms with E-state index in [1.807, 2.05) is 6.92 Å². The lowest BCUT2D eigenvalue weighted by Crippen LogP contribution is -2.32. The summed E-state index contributed by atoms with van der Waals surface area (Å²) < 4.78 is 0. The molecule has 2 unspecified atom stereocenters. The van der Waals surface area contributed by atoms with E-state index in [-0.39, 0.29) is 17.9 Å². The van der Waals surface area contributed by atoms with Crippen molar-refractivity contribution in [3.63, 3.8) is 0 Å². The van der Waals surface area contributed by atoms with Crippen LogP contribution >= 0.6 is 0 Å². The Bertz CT molecular complexity index is 208. The lowest BCUT2D eigenvalue weighted by atomic mass is 9.80. The number of aliphatic hydroxyl groups is 1. The molecule has 0 spiro atoms. The van der Waals surface area contributed by atoms with Crippen LogP contribution in [0.3, 0.4) is 0 Å². The van der Waals surface area contributed by atoms with E-state index in [0.29, 0.717) is 24.8 Å². The molecule has 0 aromatic carbocycles. The fraction of sp³-hybridized carbons (Fsp3) is 0.923. The monoisotopic (exact) mass is 229 g/mol. The smallest absolute Gasteiger partial charge is 0.220 e. The molecule has 0 fully saturated rings. The van der Waals surface area contributed by atoms with Crippen LogP contribution in [-0.2, 0) is 4.79 Å². The van der Waals surface area contributed by atoms with Crippen molar-refractivity contribution in [2.75, 3.05) is 13.2 Å². The van der Waals surface area contributed by atoms with Crippen LogP contribution in [0.5, 0.6) is 0 Å². The van der Waals surface area contributed by atoms with Gasteiger partial charge in [-0.15, -0.1) is 0 Å². The summed E-state index contributed by atoms with van der Waals surface area (Å²) >= 11 is 0. The van der Waals surface area contributed by atoms with Gasteiger partial charge in [0.1, 0.15) is 0 Å². The average molecular weight is 229 g/mol. The fourth-order valence-corrected chi connectivity index (χ4v) is 1.27. The second kappa shape index (κ2) is 6.89. The quantitative estimate of drug-likeness (QED) is 0.733. The highest BCUT2D eigenvalue weighted by Gasteiger charge is 2.22. The van der Waals surface area contributed by atoms with Gasteiger partial charge in [-0.1, -0.05) is 34.6 Å². The summed E-state index contributed by atoms with van der Waals surface area (Å²) in [5, 5.41) is 11.7. The number of nitrogens with one attached hydrogen (secondary N) is 1. The molecular formula is C13H27NO2. The molecular weight excluding hydrogens is 202 g/mol. The van der Waals surface area contributed by atoms with Gasteiger partial charge in [0.15, 0.2) is 0 Å². The summed E-state index contributed by atoms with van der Waals surface area (Å²) in [6, 6.07) is 0. The third-order valence-corrected chi connectivity index (χ3v) is 3.24. The molecule has 2 N–H and O–H groups in total. The molecule has 2 atom stereocenters. The summed E-state index contributed by atoms with van der Waals surface area (Å²) in [5.74, 6) is 0.840. The number of carbonyl (C=O) groups excluding carboxylic acids is 1. The summed E-state index contributed by atoms with van der Waals surface area (Å²) in [6.45, 7) is 11.4. The van der Waals surface area contributed by atoms with Gasteiger partial charge in [0.2, 0.25) is 5.91 Å². The minimum atomic E-state index is 0.118. The highest BCUT2D eigenvalue weighted by molar-refractivity contribution is 5.76. The number of amides is 1. The van der Waals surface area contributed by atoms with Crippen molar-refractivity contribution in [2.24, 2.45) is 17.3 Å². The van der Waals surface area contributed by atoms with Crippen LogP contribution in [-0.4, -0.2) is 24.2 Å². The third kappa shape index (κ3) is 6.83. The molecule has 96 valence electrons. The Morgan fingerprint density at radius 1 is 1.31 bits per heavy atom. The molecule has 1 amide bonds. The Balaban J connectivity index is 3.83. The topological polar surface area (TPSA) is 49.3 Å². The Kier molecular flexibility index (Phi) is 6.65. The summed E-state index contributed by atoms with van der Waals surface area (Å²) in [6.07, 6.45) is 1.32. The second-order valence-electron chi connectivity index (χ2n) is 5.89. The number of hydrogen-bond donors (Lipinski definition) is 2. The van der Waals surface area contributed by atoms with E-state index in [9.17, 15) is 4.79 Å². The zero-order valence-electron chi connectivity index (χ0n) is 11.3. The van der Waals surface area contributed by atoms with E-state index in [4.69, 9.17) is 5.11 Å². The highest BCUT2D eigenvalue weighted by Crippen LogP contribution is 2.27. The van der Waals surface area contributed by atoms with Crippen LogP contribution in [0.4, 0.5) is 0 Å². The van der Waals surface area contributed by atoms with Gasteiger partial charge in [0.05, 0.1) is 0 Å². The lowest BCUT2D eigenvalue weighted by molar-refractivity contribution is -0.122. The predicted molar refractivity (Wildman–Crippen MR) is 67.1 cm³/mol. The average Bonchev–Trinajstić information content (AvgIpc) is 2.13. The molecule has 0 saturated carbocycles. The van der Waals surface area contributed by atoms with Crippen molar-refractivity contribution in [3.05, 3.63) is 0 Å². The molecule has 16 heavy (non-hydrogen) atoms. The number of aliphatic hydroxyl groups excluding tert-OH is 1. The minimum Gasteiger partial charge on any atom is -0.396 e. The van der Waals surface area contributed by atoms with E-state index < -0.39 is 0 Å². The zero-order valence-corrected chi connectivity index (χ0v) is 11.3. The first kappa shape index (κ1) is 15.4. The first-order valence-electron chi connectivity index (χ1n) is 6.15. The maximum atomic E-state index is 11.6. The van der Waals surface area contributed by atoms with Crippen LogP contribution < -0.4 is 5.32 Å². The highest BCUT2D eigenvalue weighted by atomic mass is 16.3. The Morgan fingerprint density at radius 3 is 2.31 bits per heavy atom. The molecule has 0 aliphatic rings. The molecule has 0 radical (unpaired) electrons. The van der Waals surface area contributed by atoms with Crippen molar-refractivity contribution in [1.29, 1.82) is 0 Å². The Hall–Kier alpha value is -0.570. The number of hydrogen-bond acceptors (Lipinski definition) is 2. The van der Waals surface area contributed by atoms with Crippen LogP contribution in [0, 0.1) is 17.3 Å². The van der Waals surface area contributed by atoms with Crippen LogP contribution in [0.25, 0.3) is 0 Å². The molecule has 0 saturated heterocycles. The lowest BCUT2D eigenvalue weighted by Gasteiger charge is -2.26. The van der Waals surface area contributed by atoms with Gasteiger partial charge in [-0.3, -0.25) is 4.79 Å². The standard InChI is InChI=1S/C13H27NO2/c1-10(6-7-15)9-14-12(16)8-11(2)13(3,4)5/h10-11,15H,6-9H2,1-5H3,(H,14,16). The van der Waals surface area contributed by atoms with Gasteiger partial charge in [0.25, 0.3) is 0 Å². The minimum absolute atomic E-state index is 0.118. The Morgan fingerprint density at radius 2 is 1.88 bits per heavy atom. The van der Waals surface area contributed by atoms with Gasteiger partial charge in [-0.05, 0) is 23.7 Å². The van der Waals surface area contributed by atoms with Crippen molar-refractivity contribution in [2.45, 2.75) is 47.5 Å². The van der Waals surface area contributed by atoms with Crippen molar-refractivity contribution >= 4 is 5.91 Å². The molecule has 0 aromatic rings. The third-order valence-electron chi connectivity index (χ3n) is 3.24. The number of carbonyl (C=O) groups is 1. The van der Waals surface area contributed by atoms with Gasteiger partial charge in [-0.2, -0.15) is 0 Å². The maximum absolute atomic E-state index is 11.6. The predicted octanol–water partition coefficient (Wildman–Crippen LogP) is 2.19. The van der Waals surface area contributed by atoms with Gasteiger partial charge in [0, 0.05) is 19.6 Å². The molecule has 0 rings (SSSR count). The number of rotatable bonds is 6. The molecule has 0 aliphatic carbocycles. The fourth-order valence-electron chi connectivity index (χ4n) is 1.27. The molecule has 0 heterocycles. The first-order chi connectivity index (χ1) is 7.27. The van der Waals surface area contributed by atoms with E-state index in [1.165, 1.54) is 0 Å². The molecule has 3 heteroatoms. The van der Waals surface area contributed by atoms with E-state index in [0.717, 1.165) is 6.42 Å². The maximum Gasteiger partial charge on any atom is 0.220 e. The van der Waals surface area contributed by atoms with Crippen LogP contribution in [0.1, 0.15) is 47.5 Å². The SMILES string of the molecule is CC(CCO)CNC(=O)CC(C)C(C)(C)C. The van der Waals surface area contributed by atoms with Gasteiger partial charge >= 0.3 is 0 Å². The summed E-state index contributed by atoms with van der Waals surface area (Å²) in [4.78, 5) is 11.6. The van der Waals surface area contributed by atoms with Crippen molar-refractivity contribution in [1.82, 2.24) is 5.32 Å². The largest absolute Gasteiger partial charge is 0.396 e. The van der Waals surface area contributed by atoms with Crippen LogP contribution in [0.2, 0.25) is 0 Å². The van der Waals surface area contributed by atoms with Gasteiger partial charge < -0.3 is 10.4 Å². The van der Waals surface area contributed by atoms with Gasteiger partial charge in [-0.25, -0.2) is 0 Å². The Labute approximate surface area is 99.6 Å². The van der Waals surface area contributed by atoms with Crippen molar-refractivity contribution < 1.29 is 9.90 Å². The molecule has 0 aromatic heterocycles. The zero-order chi connectivity index (χ0) is 12.8. The van der Waals surface area contributed by atoms with E-state index in [2.05, 4.69) is 33.0 Å². The van der Waals surface area contributed by atoms with E-state index >= 15 is 0 Å². The molecule has 3 nitrogen and oxygen atoms in total. The van der Waals surface area contributed by atoms with Crippen LogP contribution in [0.15, 0.2) is 0 Å². The summed E-state index contributed by atoms with van der Waals surface area (Å²) in [7, 11) is 0. The summed E-state index contributed by atoms with van der Waals surface area (Å²) in [5.41, 5.74) is 0.175. The molecule has 0 aliphatic heterocycles.